The van der Waals surface area contributed by atoms with Crippen molar-refractivity contribution in [1.29, 1.82) is 0 Å². The summed E-state index contributed by atoms with van der Waals surface area (Å²) in [6.07, 6.45) is 0.882. The van der Waals surface area contributed by atoms with E-state index >= 15 is 0 Å². The fraction of sp³-hybridized carbons (Fsp3) is 0.500. The summed E-state index contributed by atoms with van der Waals surface area (Å²) in [6.45, 7) is 2.54. The predicted octanol–water partition coefficient (Wildman–Crippen LogP) is 2.11. The van der Waals surface area contributed by atoms with Gasteiger partial charge in [0.05, 0.1) is 13.2 Å². The fourth-order valence-corrected chi connectivity index (χ4v) is 2.55. The molecule has 1 amide bonds. The lowest BCUT2D eigenvalue weighted by molar-refractivity contribution is 0.0709. The maximum Gasteiger partial charge on any atom is 0.253 e. The number of rotatable bonds is 6. The summed E-state index contributed by atoms with van der Waals surface area (Å²) in [6, 6.07) is 5.66. The molecule has 0 aliphatic carbocycles. The molecule has 0 spiro atoms. The first-order valence-corrected chi connectivity index (χ1v) is 7.48. The highest BCUT2D eigenvalue weighted by atomic mass is 79.9. The molecule has 4 nitrogen and oxygen atoms in total. The Balaban J connectivity index is 2.11. The smallest absolute Gasteiger partial charge is 0.253 e. The zero-order valence-electron chi connectivity index (χ0n) is 11.0. The first kappa shape index (κ1) is 14.3. The normalized spacial score (nSPS) is 12.9. The molecule has 1 aliphatic rings. The molecular formula is C14H18BrNO3. The molecule has 0 N–H and O–H groups in total. The highest BCUT2D eigenvalue weighted by Gasteiger charge is 2.18. The van der Waals surface area contributed by atoms with E-state index in [9.17, 15) is 4.79 Å². The number of halogens is 1. The van der Waals surface area contributed by atoms with Crippen LogP contribution in [-0.4, -0.2) is 49.6 Å². The molecular weight excluding hydrogens is 310 g/mol. The second-order valence-corrected chi connectivity index (χ2v) is 5.19. The van der Waals surface area contributed by atoms with Crippen molar-refractivity contribution < 1.29 is 14.3 Å². The summed E-state index contributed by atoms with van der Waals surface area (Å²) >= 11 is 3.38. The zero-order valence-corrected chi connectivity index (χ0v) is 12.6. The van der Waals surface area contributed by atoms with Crippen LogP contribution in [0.5, 0.6) is 5.75 Å². The molecule has 0 atom stereocenters. The number of hydrogen-bond acceptors (Lipinski definition) is 3. The Kier molecular flexibility index (Phi) is 5.22. The molecule has 1 heterocycles. The van der Waals surface area contributed by atoms with Crippen LogP contribution in [-0.2, 0) is 11.2 Å². The molecule has 0 bridgehead atoms. The molecule has 2 rings (SSSR count). The number of amides is 1. The Morgan fingerprint density at radius 2 is 2.32 bits per heavy atom. The van der Waals surface area contributed by atoms with Crippen molar-refractivity contribution >= 4 is 21.8 Å². The minimum absolute atomic E-state index is 0.0474. The second-order valence-electron chi connectivity index (χ2n) is 4.39. The van der Waals surface area contributed by atoms with Crippen molar-refractivity contribution in [1.82, 2.24) is 4.90 Å². The van der Waals surface area contributed by atoms with Crippen LogP contribution in [0.25, 0.3) is 0 Å². The van der Waals surface area contributed by atoms with Gasteiger partial charge in [0, 0.05) is 37.5 Å². The molecule has 19 heavy (non-hydrogen) atoms. The number of hydrogen-bond donors (Lipinski definition) is 0. The van der Waals surface area contributed by atoms with E-state index in [4.69, 9.17) is 9.47 Å². The first-order chi connectivity index (χ1) is 9.26. The van der Waals surface area contributed by atoms with Gasteiger partial charge in [-0.3, -0.25) is 4.79 Å². The molecule has 1 aliphatic heterocycles. The number of methoxy groups -OCH3 is 1. The number of carbonyl (C=O) groups is 1. The summed E-state index contributed by atoms with van der Waals surface area (Å²) < 4.78 is 10.5. The third-order valence-corrected chi connectivity index (χ3v) is 3.50. The van der Waals surface area contributed by atoms with E-state index in [1.807, 2.05) is 18.2 Å². The summed E-state index contributed by atoms with van der Waals surface area (Å²) in [7, 11) is 1.64. The van der Waals surface area contributed by atoms with Crippen molar-refractivity contribution in [3.05, 3.63) is 29.3 Å². The molecule has 0 fully saturated rings. The van der Waals surface area contributed by atoms with Crippen LogP contribution >= 0.6 is 15.9 Å². The van der Waals surface area contributed by atoms with Gasteiger partial charge in [-0.25, -0.2) is 0 Å². The highest BCUT2D eigenvalue weighted by molar-refractivity contribution is 9.09. The van der Waals surface area contributed by atoms with E-state index in [1.165, 1.54) is 0 Å². The second kappa shape index (κ2) is 6.91. The van der Waals surface area contributed by atoms with Crippen molar-refractivity contribution in [2.45, 2.75) is 6.42 Å². The molecule has 1 aromatic carbocycles. The standard InChI is InChI=1S/C14H18BrNO3/c1-18-9-7-16(6-5-15)14(17)12-2-3-13-11(10-12)4-8-19-13/h2-3,10H,4-9H2,1H3. The molecule has 104 valence electrons. The van der Waals surface area contributed by atoms with Gasteiger partial charge in [-0.15, -0.1) is 0 Å². The predicted molar refractivity (Wildman–Crippen MR) is 77.2 cm³/mol. The fourth-order valence-electron chi connectivity index (χ4n) is 2.12. The minimum Gasteiger partial charge on any atom is -0.493 e. The van der Waals surface area contributed by atoms with Gasteiger partial charge in [-0.2, -0.15) is 0 Å². The monoisotopic (exact) mass is 327 g/mol. The Morgan fingerprint density at radius 3 is 3.05 bits per heavy atom. The van der Waals surface area contributed by atoms with Gasteiger partial charge in [0.15, 0.2) is 0 Å². The van der Waals surface area contributed by atoms with Crippen molar-refractivity contribution in [3.63, 3.8) is 0 Å². The van der Waals surface area contributed by atoms with Crippen LogP contribution in [0.3, 0.4) is 0 Å². The van der Waals surface area contributed by atoms with Gasteiger partial charge < -0.3 is 14.4 Å². The lowest BCUT2D eigenvalue weighted by Gasteiger charge is -2.21. The van der Waals surface area contributed by atoms with Crippen molar-refractivity contribution in [2.75, 3.05) is 38.7 Å². The van der Waals surface area contributed by atoms with E-state index in [0.29, 0.717) is 26.3 Å². The maximum atomic E-state index is 12.4. The average Bonchev–Trinajstić information content (AvgIpc) is 2.90. The van der Waals surface area contributed by atoms with E-state index in [-0.39, 0.29) is 5.91 Å². The summed E-state index contributed by atoms with van der Waals surface area (Å²) in [5.74, 6) is 0.951. The Hall–Kier alpha value is -1.07. The number of benzene rings is 1. The maximum absolute atomic E-state index is 12.4. The minimum atomic E-state index is 0.0474. The van der Waals surface area contributed by atoms with Crippen LogP contribution in [0.1, 0.15) is 15.9 Å². The van der Waals surface area contributed by atoms with Gasteiger partial charge in [0.1, 0.15) is 5.75 Å². The van der Waals surface area contributed by atoms with Crippen LogP contribution < -0.4 is 4.74 Å². The van der Waals surface area contributed by atoms with Gasteiger partial charge in [0.25, 0.3) is 5.91 Å². The van der Waals surface area contributed by atoms with Gasteiger partial charge in [0.2, 0.25) is 0 Å². The molecule has 1 aromatic rings. The molecule has 5 heteroatoms. The van der Waals surface area contributed by atoms with E-state index in [2.05, 4.69) is 15.9 Å². The average molecular weight is 328 g/mol. The van der Waals surface area contributed by atoms with Crippen LogP contribution in [0, 0.1) is 0 Å². The van der Waals surface area contributed by atoms with Crippen LogP contribution in [0.15, 0.2) is 18.2 Å². The number of nitrogens with zero attached hydrogens (tertiary/aromatic N) is 1. The van der Waals surface area contributed by atoms with Crippen molar-refractivity contribution in [3.8, 4) is 5.75 Å². The van der Waals surface area contributed by atoms with Crippen LogP contribution in [0.4, 0.5) is 0 Å². The van der Waals surface area contributed by atoms with Gasteiger partial charge >= 0.3 is 0 Å². The third kappa shape index (κ3) is 3.48. The summed E-state index contributed by atoms with van der Waals surface area (Å²) in [4.78, 5) is 14.3. The zero-order chi connectivity index (χ0) is 13.7. The summed E-state index contributed by atoms with van der Waals surface area (Å²) in [5.41, 5.74) is 1.85. The van der Waals surface area contributed by atoms with Crippen molar-refractivity contribution in [2.24, 2.45) is 0 Å². The Labute approximate surface area is 121 Å². The third-order valence-electron chi connectivity index (χ3n) is 3.14. The Morgan fingerprint density at radius 1 is 1.47 bits per heavy atom. The molecule has 0 radical (unpaired) electrons. The number of alkyl halides is 1. The number of carbonyl (C=O) groups excluding carboxylic acids is 1. The van der Waals surface area contributed by atoms with E-state index < -0.39 is 0 Å². The first-order valence-electron chi connectivity index (χ1n) is 6.36. The number of ether oxygens (including phenoxy) is 2. The quantitative estimate of drug-likeness (QED) is 0.751. The number of fused-ring (bicyclic) bond motifs is 1. The lowest BCUT2D eigenvalue weighted by atomic mass is 10.1. The van der Waals surface area contributed by atoms with E-state index in [1.54, 1.807) is 12.0 Å². The molecule has 0 unspecified atom stereocenters. The molecule has 0 saturated heterocycles. The Bertz CT molecular complexity index is 450. The van der Waals surface area contributed by atoms with Gasteiger partial charge in [-0.05, 0) is 23.8 Å². The SMILES string of the molecule is COCCN(CCBr)C(=O)c1ccc2c(c1)CCO2. The molecule has 0 saturated carbocycles. The van der Waals surface area contributed by atoms with Gasteiger partial charge in [-0.1, -0.05) is 15.9 Å². The van der Waals surface area contributed by atoms with Crippen LogP contribution in [0.2, 0.25) is 0 Å². The topological polar surface area (TPSA) is 38.8 Å². The van der Waals surface area contributed by atoms with E-state index in [0.717, 1.165) is 28.6 Å². The molecule has 0 aromatic heterocycles. The lowest BCUT2D eigenvalue weighted by Crippen LogP contribution is -2.35. The largest absolute Gasteiger partial charge is 0.493 e. The summed E-state index contributed by atoms with van der Waals surface area (Å²) in [5, 5.41) is 0.760. The highest BCUT2D eigenvalue weighted by Crippen LogP contribution is 2.26.